The second kappa shape index (κ2) is 5.15. The number of hydrogen-bond donors (Lipinski definition) is 0. The van der Waals surface area contributed by atoms with Crippen LogP contribution in [0, 0.1) is 0 Å². The van der Waals surface area contributed by atoms with E-state index in [1.54, 1.807) is 0 Å². The van der Waals surface area contributed by atoms with Crippen LogP contribution in [0.25, 0.3) is 11.1 Å². The third-order valence-electron chi connectivity index (χ3n) is 2.97. The summed E-state index contributed by atoms with van der Waals surface area (Å²) in [6.45, 7) is 5.46. The molecule has 0 saturated carbocycles. The second-order valence-corrected chi connectivity index (χ2v) is 4.18. The molecule has 1 aromatic heterocycles. The lowest BCUT2D eigenvalue weighted by Gasteiger charge is -1.95. The van der Waals surface area contributed by atoms with Crippen molar-refractivity contribution in [2.45, 2.75) is 46.1 Å². The minimum absolute atomic E-state index is 0.959. The minimum Gasteiger partial charge on any atom is -0.401 e. The number of benzene rings is 1. The summed E-state index contributed by atoms with van der Waals surface area (Å²) < 4.78 is 8.17. The third kappa shape index (κ3) is 2.11. The Hall–Kier alpha value is -1.31. The van der Waals surface area contributed by atoms with Crippen molar-refractivity contribution in [2.75, 3.05) is 0 Å². The first-order chi connectivity index (χ1) is 7.86. The highest BCUT2D eigenvalue weighted by molar-refractivity contribution is 5.68. The molecule has 0 saturated heterocycles. The van der Waals surface area contributed by atoms with E-state index in [0.29, 0.717) is 0 Å². The van der Waals surface area contributed by atoms with Crippen LogP contribution >= 0.6 is 0 Å². The molecule has 0 aliphatic carbocycles. The fourth-order valence-corrected chi connectivity index (χ4v) is 2.11. The van der Waals surface area contributed by atoms with E-state index in [-0.39, 0.29) is 0 Å². The smallest absolute Gasteiger partial charge is 0.347 e. The fraction of sp³-hybridized carbons (Fsp3) is 0.500. The van der Waals surface area contributed by atoms with Crippen LogP contribution < -0.4 is 4.57 Å². The number of para-hydroxylation sites is 2. The number of aromatic nitrogens is 1. The maximum absolute atomic E-state index is 5.84. The number of aryl methyl sites for hydroxylation is 2. The number of unbranched alkanes of at least 4 members (excludes halogenated alkanes) is 2. The predicted octanol–water partition coefficient (Wildman–Crippen LogP) is 3.47. The van der Waals surface area contributed by atoms with E-state index < -0.39 is 0 Å². The van der Waals surface area contributed by atoms with Gasteiger partial charge in [-0.15, -0.1) is 0 Å². The zero-order valence-electron chi connectivity index (χ0n) is 10.2. The van der Waals surface area contributed by atoms with E-state index in [2.05, 4.69) is 30.5 Å². The van der Waals surface area contributed by atoms with Crippen LogP contribution in [0.4, 0.5) is 0 Å². The zero-order chi connectivity index (χ0) is 11.4. The first kappa shape index (κ1) is 11.2. The first-order valence-corrected chi connectivity index (χ1v) is 6.27. The van der Waals surface area contributed by atoms with Gasteiger partial charge in [-0.3, -0.25) is 0 Å². The van der Waals surface area contributed by atoms with Gasteiger partial charge in [-0.1, -0.05) is 32.4 Å². The summed E-state index contributed by atoms with van der Waals surface area (Å²) in [5.41, 5.74) is 2.24. The summed E-state index contributed by atoms with van der Waals surface area (Å²) in [7, 11) is 0. The lowest BCUT2D eigenvalue weighted by atomic mass is 10.2. The van der Waals surface area contributed by atoms with E-state index in [4.69, 9.17) is 4.42 Å². The molecule has 0 aliphatic heterocycles. The van der Waals surface area contributed by atoms with Gasteiger partial charge in [0.05, 0.1) is 6.42 Å². The van der Waals surface area contributed by atoms with Gasteiger partial charge in [-0.05, 0) is 12.5 Å². The van der Waals surface area contributed by atoms with Crippen LogP contribution in [0.2, 0.25) is 0 Å². The Labute approximate surface area is 96.9 Å². The molecule has 2 rings (SSSR count). The second-order valence-electron chi connectivity index (χ2n) is 4.18. The quantitative estimate of drug-likeness (QED) is 0.554. The topological polar surface area (TPSA) is 17.0 Å². The Morgan fingerprint density at radius 1 is 1.12 bits per heavy atom. The first-order valence-electron chi connectivity index (χ1n) is 6.27. The van der Waals surface area contributed by atoms with E-state index in [1.165, 1.54) is 24.8 Å². The highest BCUT2D eigenvalue weighted by atomic mass is 16.4. The average molecular weight is 218 g/mol. The normalized spacial score (nSPS) is 11.1. The van der Waals surface area contributed by atoms with E-state index >= 15 is 0 Å². The van der Waals surface area contributed by atoms with Crippen LogP contribution in [0.3, 0.4) is 0 Å². The molecule has 1 heterocycles. The van der Waals surface area contributed by atoms with Crippen molar-refractivity contribution in [3.8, 4) is 0 Å². The molecule has 0 radical (unpaired) electrons. The lowest BCUT2D eigenvalue weighted by molar-refractivity contribution is -0.684. The van der Waals surface area contributed by atoms with E-state index in [9.17, 15) is 0 Å². The SMILES string of the molecule is CCCCC[n+]1c(CC)oc2ccccc21. The van der Waals surface area contributed by atoms with Gasteiger partial charge in [-0.25, -0.2) is 0 Å². The number of hydrogen-bond acceptors (Lipinski definition) is 1. The Bertz CT molecular complexity index is 459. The molecule has 16 heavy (non-hydrogen) atoms. The summed E-state index contributed by atoms with van der Waals surface area (Å²) in [4.78, 5) is 0. The molecule has 0 spiro atoms. The van der Waals surface area contributed by atoms with Crippen LogP contribution in [0.15, 0.2) is 28.7 Å². The molecular formula is C14H20NO+. The number of nitrogens with zero attached hydrogens (tertiary/aromatic N) is 1. The summed E-state index contributed by atoms with van der Waals surface area (Å²) in [5.74, 6) is 1.09. The highest BCUT2D eigenvalue weighted by Crippen LogP contribution is 2.14. The third-order valence-corrected chi connectivity index (χ3v) is 2.97. The molecule has 2 aromatic rings. The van der Waals surface area contributed by atoms with Crippen molar-refractivity contribution < 1.29 is 8.98 Å². The molecule has 0 atom stereocenters. The molecule has 2 nitrogen and oxygen atoms in total. The van der Waals surface area contributed by atoms with Crippen molar-refractivity contribution in [2.24, 2.45) is 0 Å². The molecule has 0 fully saturated rings. The van der Waals surface area contributed by atoms with Crippen molar-refractivity contribution in [3.05, 3.63) is 30.2 Å². The van der Waals surface area contributed by atoms with Crippen molar-refractivity contribution in [1.29, 1.82) is 0 Å². The molecule has 0 aliphatic rings. The zero-order valence-corrected chi connectivity index (χ0v) is 10.2. The lowest BCUT2D eigenvalue weighted by Crippen LogP contribution is -2.36. The average Bonchev–Trinajstić information content (AvgIpc) is 2.68. The van der Waals surface area contributed by atoms with Crippen LogP contribution in [0.5, 0.6) is 0 Å². The Morgan fingerprint density at radius 3 is 2.69 bits per heavy atom. The molecule has 0 bridgehead atoms. The largest absolute Gasteiger partial charge is 0.401 e. The Morgan fingerprint density at radius 2 is 1.94 bits per heavy atom. The number of fused-ring (bicyclic) bond motifs is 1. The maximum atomic E-state index is 5.84. The molecule has 86 valence electrons. The van der Waals surface area contributed by atoms with Crippen molar-refractivity contribution in [1.82, 2.24) is 0 Å². The van der Waals surface area contributed by atoms with Crippen molar-refractivity contribution in [3.63, 3.8) is 0 Å². The molecule has 0 amide bonds. The van der Waals surface area contributed by atoms with Gasteiger partial charge in [0.1, 0.15) is 0 Å². The number of oxazole rings is 1. The van der Waals surface area contributed by atoms with Crippen molar-refractivity contribution >= 4 is 11.1 Å². The van der Waals surface area contributed by atoms with Gasteiger partial charge < -0.3 is 4.42 Å². The highest BCUT2D eigenvalue weighted by Gasteiger charge is 2.19. The molecule has 2 heteroatoms. The van der Waals surface area contributed by atoms with Gasteiger partial charge in [0, 0.05) is 12.5 Å². The van der Waals surface area contributed by atoms with Crippen LogP contribution in [0.1, 0.15) is 39.0 Å². The molecular weight excluding hydrogens is 198 g/mol. The summed E-state index contributed by atoms with van der Waals surface area (Å²) in [5, 5.41) is 0. The summed E-state index contributed by atoms with van der Waals surface area (Å²) >= 11 is 0. The van der Waals surface area contributed by atoms with Gasteiger partial charge in [0.25, 0.3) is 5.52 Å². The monoisotopic (exact) mass is 218 g/mol. The van der Waals surface area contributed by atoms with Gasteiger partial charge >= 0.3 is 5.89 Å². The summed E-state index contributed by atoms with van der Waals surface area (Å²) in [6, 6.07) is 8.30. The van der Waals surface area contributed by atoms with E-state index in [0.717, 1.165) is 24.4 Å². The summed E-state index contributed by atoms with van der Waals surface area (Å²) in [6.07, 6.45) is 4.74. The molecule has 0 unspecified atom stereocenters. The van der Waals surface area contributed by atoms with Gasteiger partial charge in [-0.2, -0.15) is 4.57 Å². The minimum atomic E-state index is 0.959. The molecule has 1 aromatic carbocycles. The van der Waals surface area contributed by atoms with E-state index in [1.807, 2.05) is 12.1 Å². The number of rotatable bonds is 5. The fourth-order valence-electron chi connectivity index (χ4n) is 2.11. The maximum Gasteiger partial charge on any atom is 0.347 e. The van der Waals surface area contributed by atoms with Crippen LogP contribution in [-0.4, -0.2) is 0 Å². The molecule has 0 N–H and O–H groups in total. The van der Waals surface area contributed by atoms with Crippen LogP contribution in [-0.2, 0) is 13.0 Å². The standard InChI is InChI=1S/C14H20NO/c1-3-5-8-11-15-12-9-6-7-10-13(12)16-14(15)4-2/h6-7,9-10H,3-5,8,11H2,1-2H3/q+1. The predicted molar refractivity (Wildman–Crippen MR) is 65.3 cm³/mol. The Balaban J connectivity index is 2.32. The van der Waals surface area contributed by atoms with Gasteiger partial charge in [0.2, 0.25) is 5.58 Å². The van der Waals surface area contributed by atoms with Gasteiger partial charge in [0.15, 0.2) is 6.54 Å². The Kier molecular flexibility index (Phi) is 3.60.